The van der Waals surface area contributed by atoms with E-state index in [1.54, 1.807) is 14.2 Å². The molecule has 0 saturated carbocycles. The molecule has 0 amide bonds. The second kappa shape index (κ2) is 5.41. The molecule has 0 aliphatic carbocycles. The maximum atomic E-state index is 6.10. The van der Waals surface area contributed by atoms with Crippen LogP contribution in [-0.4, -0.2) is 20.8 Å². The van der Waals surface area contributed by atoms with E-state index in [0.717, 1.165) is 11.1 Å². The van der Waals surface area contributed by atoms with Gasteiger partial charge in [0.2, 0.25) is 0 Å². The molecule has 1 atom stereocenters. The molecule has 0 aromatic heterocycles. The Kier molecular flexibility index (Phi) is 4.44. The number of nitrogens with two attached hydrogens (primary N) is 1. The first-order valence-electron chi connectivity index (χ1n) is 5.17. The van der Waals surface area contributed by atoms with Crippen molar-refractivity contribution in [3.63, 3.8) is 0 Å². The van der Waals surface area contributed by atoms with Crippen LogP contribution in [0.2, 0.25) is 5.02 Å². The third-order valence-corrected chi connectivity index (χ3v) is 2.97. The summed E-state index contributed by atoms with van der Waals surface area (Å²) in [7, 11) is 3.19. The van der Waals surface area contributed by atoms with Crippen molar-refractivity contribution in [3.8, 4) is 11.5 Å². The number of hydrogen-bond acceptors (Lipinski definition) is 3. The van der Waals surface area contributed by atoms with Crippen molar-refractivity contribution in [1.29, 1.82) is 0 Å². The number of methoxy groups -OCH3 is 2. The summed E-state index contributed by atoms with van der Waals surface area (Å²) in [4.78, 5) is 0. The average molecular weight is 244 g/mol. The van der Waals surface area contributed by atoms with E-state index in [-0.39, 0.29) is 5.92 Å². The average Bonchev–Trinajstić information content (AvgIpc) is 2.27. The largest absolute Gasteiger partial charge is 0.492 e. The predicted molar refractivity (Wildman–Crippen MR) is 66.8 cm³/mol. The highest BCUT2D eigenvalue weighted by Gasteiger charge is 2.20. The van der Waals surface area contributed by atoms with Crippen LogP contribution in [0.25, 0.3) is 0 Å². The SMILES string of the molecule is COc1c(Cl)cc(C)c(C(C)CN)c1OC. The Bertz CT molecular complexity index is 380. The zero-order valence-electron chi connectivity index (χ0n) is 10.1. The lowest BCUT2D eigenvalue weighted by atomic mass is 9.95. The number of rotatable bonds is 4. The van der Waals surface area contributed by atoms with Gasteiger partial charge in [-0.05, 0) is 31.0 Å². The van der Waals surface area contributed by atoms with Crippen LogP contribution in [0, 0.1) is 6.92 Å². The molecule has 0 radical (unpaired) electrons. The van der Waals surface area contributed by atoms with Gasteiger partial charge in [0, 0.05) is 5.56 Å². The van der Waals surface area contributed by atoms with Gasteiger partial charge in [-0.3, -0.25) is 0 Å². The second-order valence-electron chi connectivity index (χ2n) is 3.79. The Morgan fingerprint density at radius 2 is 1.88 bits per heavy atom. The number of benzene rings is 1. The molecule has 0 saturated heterocycles. The van der Waals surface area contributed by atoms with Crippen molar-refractivity contribution in [3.05, 3.63) is 22.2 Å². The fourth-order valence-electron chi connectivity index (χ4n) is 1.87. The molecule has 0 heterocycles. The van der Waals surface area contributed by atoms with Gasteiger partial charge in [0.15, 0.2) is 11.5 Å². The van der Waals surface area contributed by atoms with Crippen LogP contribution in [0.5, 0.6) is 11.5 Å². The van der Waals surface area contributed by atoms with Gasteiger partial charge in [0.25, 0.3) is 0 Å². The Morgan fingerprint density at radius 3 is 2.31 bits per heavy atom. The van der Waals surface area contributed by atoms with E-state index < -0.39 is 0 Å². The lowest BCUT2D eigenvalue weighted by molar-refractivity contribution is 0.350. The van der Waals surface area contributed by atoms with Gasteiger partial charge in [0.05, 0.1) is 19.2 Å². The van der Waals surface area contributed by atoms with Crippen molar-refractivity contribution in [1.82, 2.24) is 0 Å². The molecule has 1 aromatic carbocycles. The van der Waals surface area contributed by atoms with Gasteiger partial charge in [-0.15, -0.1) is 0 Å². The Labute approximate surface area is 101 Å². The topological polar surface area (TPSA) is 44.5 Å². The minimum Gasteiger partial charge on any atom is -0.492 e. The van der Waals surface area contributed by atoms with Crippen LogP contribution in [0.15, 0.2) is 6.07 Å². The first kappa shape index (κ1) is 13.1. The first-order chi connectivity index (χ1) is 7.56. The molecule has 0 fully saturated rings. The minimum absolute atomic E-state index is 0.209. The monoisotopic (exact) mass is 243 g/mol. The molecule has 0 aliphatic heterocycles. The van der Waals surface area contributed by atoms with E-state index in [0.29, 0.717) is 23.1 Å². The maximum Gasteiger partial charge on any atom is 0.179 e. The molecule has 1 aromatic rings. The van der Waals surface area contributed by atoms with E-state index in [4.69, 9.17) is 26.8 Å². The molecular formula is C12H18ClNO2. The van der Waals surface area contributed by atoms with Gasteiger partial charge in [-0.2, -0.15) is 0 Å². The molecular weight excluding hydrogens is 226 g/mol. The molecule has 0 spiro atoms. The van der Waals surface area contributed by atoms with Crippen LogP contribution in [0.4, 0.5) is 0 Å². The zero-order valence-corrected chi connectivity index (χ0v) is 10.9. The molecule has 1 rings (SSSR count). The van der Waals surface area contributed by atoms with Crippen molar-refractivity contribution < 1.29 is 9.47 Å². The number of hydrogen-bond donors (Lipinski definition) is 1. The van der Waals surface area contributed by atoms with Crippen LogP contribution in [0.3, 0.4) is 0 Å². The summed E-state index contributed by atoms with van der Waals surface area (Å²) in [6, 6.07) is 1.88. The van der Waals surface area contributed by atoms with E-state index in [9.17, 15) is 0 Å². The van der Waals surface area contributed by atoms with Gasteiger partial charge in [-0.25, -0.2) is 0 Å². The zero-order chi connectivity index (χ0) is 12.3. The van der Waals surface area contributed by atoms with E-state index >= 15 is 0 Å². The molecule has 90 valence electrons. The summed E-state index contributed by atoms with van der Waals surface area (Å²) >= 11 is 6.10. The number of ether oxygens (including phenoxy) is 2. The van der Waals surface area contributed by atoms with Crippen LogP contribution >= 0.6 is 11.6 Å². The van der Waals surface area contributed by atoms with Crippen LogP contribution in [0.1, 0.15) is 24.0 Å². The second-order valence-corrected chi connectivity index (χ2v) is 4.20. The molecule has 2 N–H and O–H groups in total. The van der Waals surface area contributed by atoms with Crippen molar-refractivity contribution in [2.75, 3.05) is 20.8 Å². The van der Waals surface area contributed by atoms with E-state index in [1.165, 1.54) is 0 Å². The summed E-state index contributed by atoms with van der Waals surface area (Å²) in [5.41, 5.74) is 7.83. The molecule has 3 nitrogen and oxygen atoms in total. The number of aryl methyl sites for hydroxylation is 1. The molecule has 0 aliphatic rings. The Morgan fingerprint density at radius 1 is 1.31 bits per heavy atom. The van der Waals surface area contributed by atoms with Crippen molar-refractivity contribution in [2.45, 2.75) is 19.8 Å². The van der Waals surface area contributed by atoms with Gasteiger partial charge < -0.3 is 15.2 Å². The predicted octanol–water partition coefficient (Wildman–Crippen LogP) is 2.73. The summed E-state index contributed by atoms with van der Waals surface area (Å²) in [5.74, 6) is 1.47. The molecule has 0 bridgehead atoms. The summed E-state index contributed by atoms with van der Waals surface area (Å²) in [6.07, 6.45) is 0. The molecule has 1 unspecified atom stereocenters. The maximum absolute atomic E-state index is 6.10. The number of halogens is 1. The van der Waals surface area contributed by atoms with Gasteiger partial charge in [-0.1, -0.05) is 18.5 Å². The Hall–Kier alpha value is -0.930. The fourth-order valence-corrected chi connectivity index (χ4v) is 2.19. The lowest BCUT2D eigenvalue weighted by Gasteiger charge is -2.20. The van der Waals surface area contributed by atoms with Crippen molar-refractivity contribution >= 4 is 11.6 Å². The normalized spacial score (nSPS) is 12.4. The van der Waals surface area contributed by atoms with E-state index in [1.807, 2.05) is 13.0 Å². The summed E-state index contributed by atoms with van der Waals surface area (Å²) < 4.78 is 10.6. The van der Waals surface area contributed by atoms with Crippen molar-refractivity contribution in [2.24, 2.45) is 5.73 Å². The third-order valence-electron chi connectivity index (χ3n) is 2.69. The fraction of sp³-hybridized carbons (Fsp3) is 0.500. The molecule has 4 heteroatoms. The first-order valence-corrected chi connectivity index (χ1v) is 5.55. The van der Waals surface area contributed by atoms with Crippen LogP contribution in [-0.2, 0) is 0 Å². The van der Waals surface area contributed by atoms with E-state index in [2.05, 4.69) is 6.92 Å². The highest BCUT2D eigenvalue weighted by Crippen LogP contribution is 2.42. The lowest BCUT2D eigenvalue weighted by Crippen LogP contribution is -2.12. The van der Waals surface area contributed by atoms with Gasteiger partial charge >= 0.3 is 0 Å². The minimum atomic E-state index is 0.209. The standard InChI is InChI=1S/C12H18ClNO2/c1-7-5-9(13)11(15-3)12(16-4)10(7)8(2)6-14/h5,8H,6,14H2,1-4H3. The smallest absolute Gasteiger partial charge is 0.179 e. The highest BCUT2D eigenvalue weighted by atomic mass is 35.5. The van der Waals surface area contributed by atoms with Gasteiger partial charge in [0.1, 0.15) is 0 Å². The summed E-state index contributed by atoms with van der Waals surface area (Å²) in [5, 5.41) is 0.560. The quantitative estimate of drug-likeness (QED) is 0.885. The highest BCUT2D eigenvalue weighted by molar-refractivity contribution is 6.32. The molecule has 16 heavy (non-hydrogen) atoms. The third kappa shape index (κ3) is 2.25. The summed E-state index contributed by atoms with van der Waals surface area (Å²) in [6.45, 7) is 4.61. The van der Waals surface area contributed by atoms with Crippen LogP contribution < -0.4 is 15.2 Å². The Balaban J connectivity index is 3.45.